The molecule has 0 saturated heterocycles. The van der Waals surface area contributed by atoms with Gasteiger partial charge in [0.05, 0.1) is 11.3 Å². The Morgan fingerprint density at radius 1 is 1.50 bits per heavy atom. The van der Waals surface area contributed by atoms with E-state index in [1.807, 2.05) is 7.05 Å². The van der Waals surface area contributed by atoms with Crippen LogP contribution in [0.4, 0.5) is 5.13 Å². The van der Waals surface area contributed by atoms with E-state index in [1.165, 1.54) is 0 Å². The lowest BCUT2D eigenvalue weighted by molar-refractivity contribution is 0.0559. The molecule has 1 aliphatic carbocycles. The maximum absolute atomic E-state index is 10.3. The molecule has 1 aromatic heterocycles. The van der Waals surface area contributed by atoms with Gasteiger partial charge in [-0.05, 0) is 19.3 Å². The van der Waals surface area contributed by atoms with Gasteiger partial charge in [-0.15, -0.1) is 11.3 Å². The van der Waals surface area contributed by atoms with Gasteiger partial charge in [0.25, 0.3) is 0 Å². The van der Waals surface area contributed by atoms with Gasteiger partial charge in [0, 0.05) is 19.0 Å². The number of aryl methyl sites for hydroxylation is 1. The Kier molecular flexibility index (Phi) is 3.50. The first-order valence-corrected chi connectivity index (χ1v) is 6.89. The Labute approximate surface area is 101 Å². The Bertz CT molecular complexity index is 345. The van der Waals surface area contributed by atoms with E-state index in [1.54, 1.807) is 11.3 Å². The van der Waals surface area contributed by atoms with E-state index in [-0.39, 0.29) is 0 Å². The fourth-order valence-corrected chi connectivity index (χ4v) is 3.21. The average molecular weight is 240 g/mol. The highest BCUT2D eigenvalue weighted by molar-refractivity contribution is 7.13. The molecule has 0 spiro atoms. The zero-order chi connectivity index (χ0) is 11.6. The van der Waals surface area contributed by atoms with Crippen LogP contribution in [0.25, 0.3) is 0 Å². The summed E-state index contributed by atoms with van der Waals surface area (Å²) in [6.07, 6.45) is 5.16. The van der Waals surface area contributed by atoms with Gasteiger partial charge < -0.3 is 10.0 Å². The predicted octanol–water partition coefficient (Wildman–Crippen LogP) is 2.45. The first-order valence-electron chi connectivity index (χ1n) is 6.01. The second kappa shape index (κ2) is 4.72. The molecule has 1 aromatic rings. The van der Waals surface area contributed by atoms with Crippen LogP contribution in [0, 0.1) is 0 Å². The first kappa shape index (κ1) is 11.9. The van der Waals surface area contributed by atoms with Crippen molar-refractivity contribution < 1.29 is 5.11 Å². The molecule has 16 heavy (non-hydrogen) atoms. The summed E-state index contributed by atoms with van der Waals surface area (Å²) in [6.45, 7) is 2.83. The minimum atomic E-state index is -0.479. The molecular weight excluding hydrogens is 220 g/mol. The van der Waals surface area contributed by atoms with E-state index in [0.717, 1.165) is 42.9 Å². The summed E-state index contributed by atoms with van der Waals surface area (Å²) in [7, 11) is 2.02. The van der Waals surface area contributed by atoms with Crippen molar-refractivity contribution in [3.63, 3.8) is 0 Å². The molecule has 1 aliphatic rings. The molecule has 3 nitrogen and oxygen atoms in total. The molecule has 0 atom stereocenters. The topological polar surface area (TPSA) is 36.4 Å². The molecule has 0 bridgehead atoms. The van der Waals surface area contributed by atoms with Crippen LogP contribution >= 0.6 is 11.3 Å². The molecule has 1 fully saturated rings. The van der Waals surface area contributed by atoms with Gasteiger partial charge in [0.1, 0.15) is 0 Å². The largest absolute Gasteiger partial charge is 0.388 e. The van der Waals surface area contributed by atoms with E-state index in [0.29, 0.717) is 6.54 Å². The summed E-state index contributed by atoms with van der Waals surface area (Å²) in [5.41, 5.74) is 0.664. The van der Waals surface area contributed by atoms with Crippen molar-refractivity contribution in [2.45, 2.75) is 44.6 Å². The summed E-state index contributed by atoms with van der Waals surface area (Å²) in [6, 6.07) is 0. The Morgan fingerprint density at radius 2 is 2.19 bits per heavy atom. The van der Waals surface area contributed by atoms with Crippen LogP contribution in [0.1, 0.15) is 38.3 Å². The maximum Gasteiger partial charge on any atom is 0.185 e. The highest BCUT2D eigenvalue weighted by atomic mass is 32.1. The average Bonchev–Trinajstić information content (AvgIpc) is 2.86. The third-order valence-electron chi connectivity index (χ3n) is 3.29. The second-order valence-electron chi connectivity index (χ2n) is 4.76. The molecular formula is C12H20N2OS. The van der Waals surface area contributed by atoms with Crippen LogP contribution < -0.4 is 4.90 Å². The molecule has 1 heterocycles. The summed E-state index contributed by atoms with van der Waals surface area (Å²) in [5.74, 6) is 0. The van der Waals surface area contributed by atoms with Gasteiger partial charge in [-0.2, -0.15) is 0 Å². The minimum Gasteiger partial charge on any atom is -0.388 e. The number of aromatic nitrogens is 1. The normalized spacial score (nSPS) is 18.9. The zero-order valence-electron chi connectivity index (χ0n) is 10.1. The van der Waals surface area contributed by atoms with Crippen molar-refractivity contribution in [3.8, 4) is 0 Å². The van der Waals surface area contributed by atoms with Crippen LogP contribution in [0.3, 0.4) is 0 Å². The summed E-state index contributed by atoms with van der Waals surface area (Å²) >= 11 is 1.67. The molecule has 0 radical (unpaired) electrons. The first-order chi connectivity index (χ1) is 7.63. The SMILES string of the molecule is CCc1csc(N(C)CC2(O)CCCC2)n1. The lowest BCUT2D eigenvalue weighted by Gasteiger charge is -2.28. The summed E-state index contributed by atoms with van der Waals surface area (Å²) in [4.78, 5) is 6.63. The molecule has 0 aromatic carbocycles. The molecule has 0 unspecified atom stereocenters. The Balaban J connectivity index is 1.99. The number of hydrogen-bond donors (Lipinski definition) is 1. The molecule has 90 valence electrons. The number of thiazole rings is 1. The highest BCUT2D eigenvalue weighted by Gasteiger charge is 2.32. The van der Waals surface area contributed by atoms with Gasteiger partial charge in [-0.1, -0.05) is 19.8 Å². The van der Waals surface area contributed by atoms with Gasteiger partial charge in [-0.3, -0.25) is 0 Å². The smallest absolute Gasteiger partial charge is 0.185 e. The third kappa shape index (κ3) is 2.55. The number of rotatable bonds is 4. The quantitative estimate of drug-likeness (QED) is 0.878. The van der Waals surface area contributed by atoms with Gasteiger partial charge in [-0.25, -0.2) is 4.98 Å². The second-order valence-corrected chi connectivity index (χ2v) is 5.60. The molecule has 0 aliphatic heterocycles. The molecule has 1 saturated carbocycles. The lowest BCUT2D eigenvalue weighted by atomic mass is 10.0. The van der Waals surface area contributed by atoms with Crippen LogP contribution in [0.5, 0.6) is 0 Å². The zero-order valence-corrected chi connectivity index (χ0v) is 10.9. The highest BCUT2D eigenvalue weighted by Crippen LogP contribution is 2.31. The van der Waals surface area contributed by atoms with Gasteiger partial charge >= 0.3 is 0 Å². The van der Waals surface area contributed by atoms with Crippen LogP contribution in [0.2, 0.25) is 0 Å². The predicted molar refractivity (Wildman–Crippen MR) is 68.2 cm³/mol. The van der Waals surface area contributed by atoms with Crippen LogP contribution in [0.15, 0.2) is 5.38 Å². The van der Waals surface area contributed by atoms with Crippen molar-refractivity contribution in [2.24, 2.45) is 0 Å². The van der Waals surface area contributed by atoms with E-state index in [9.17, 15) is 5.11 Å². The van der Waals surface area contributed by atoms with Crippen LogP contribution in [-0.2, 0) is 6.42 Å². The van der Waals surface area contributed by atoms with Crippen LogP contribution in [-0.4, -0.2) is 29.3 Å². The van der Waals surface area contributed by atoms with E-state index in [2.05, 4.69) is 22.2 Å². The van der Waals surface area contributed by atoms with Crippen molar-refractivity contribution in [1.82, 2.24) is 4.98 Å². The number of hydrogen-bond acceptors (Lipinski definition) is 4. The molecule has 2 rings (SSSR count). The lowest BCUT2D eigenvalue weighted by Crippen LogP contribution is -2.39. The van der Waals surface area contributed by atoms with Crippen molar-refractivity contribution >= 4 is 16.5 Å². The molecule has 0 amide bonds. The van der Waals surface area contributed by atoms with Crippen molar-refractivity contribution in [2.75, 3.05) is 18.5 Å². The molecule has 4 heteroatoms. The molecule has 1 N–H and O–H groups in total. The van der Waals surface area contributed by atoms with E-state index in [4.69, 9.17) is 0 Å². The Morgan fingerprint density at radius 3 is 2.75 bits per heavy atom. The number of nitrogens with zero attached hydrogens (tertiary/aromatic N) is 2. The number of anilines is 1. The minimum absolute atomic E-state index is 0.479. The monoisotopic (exact) mass is 240 g/mol. The number of aliphatic hydroxyl groups is 1. The number of likely N-dealkylation sites (N-methyl/N-ethyl adjacent to an activating group) is 1. The Hall–Kier alpha value is -0.610. The van der Waals surface area contributed by atoms with Gasteiger partial charge in [0.15, 0.2) is 5.13 Å². The van der Waals surface area contributed by atoms with Crippen molar-refractivity contribution in [3.05, 3.63) is 11.1 Å². The van der Waals surface area contributed by atoms with E-state index < -0.39 is 5.60 Å². The maximum atomic E-state index is 10.3. The van der Waals surface area contributed by atoms with E-state index >= 15 is 0 Å². The van der Waals surface area contributed by atoms with Gasteiger partial charge in [0.2, 0.25) is 0 Å². The standard InChI is InChI=1S/C12H20N2OS/c1-3-10-8-16-11(13-10)14(2)9-12(15)6-4-5-7-12/h8,15H,3-7,9H2,1-2H3. The summed E-state index contributed by atoms with van der Waals surface area (Å²) < 4.78 is 0. The summed E-state index contributed by atoms with van der Waals surface area (Å²) in [5, 5.41) is 13.4. The third-order valence-corrected chi connectivity index (χ3v) is 4.30. The fourth-order valence-electron chi connectivity index (χ4n) is 2.33. The van der Waals surface area contributed by atoms with Crippen molar-refractivity contribution in [1.29, 1.82) is 0 Å². The fraction of sp³-hybridized carbons (Fsp3) is 0.750.